The fourth-order valence-electron chi connectivity index (χ4n) is 1.27. The minimum Gasteiger partial charge on any atom is -0.468 e. The predicted octanol–water partition coefficient (Wildman–Crippen LogP) is 0.106. The lowest BCUT2D eigenvalue weighted by Crippen LogP contribution is -2.55. The molecule has 0 aliphatic heterocycles. The van der Waals surface area contributed by atoms with Crippen molar-refractivity contribution in [3.63, 3.8) is 0 Å². The van der Waals surface area contributed by atoms with E-state index in [0.717, 1.165) is 6.54 Å². The normalized spacial score (nSPS) is 14.9. The van der Waals surface area contributed by atoms with Crippen LogP contribution in [0.15, 0.2) is 0 Å². The van der Waals surface area contributed by atoms with Gasteiger partial charge in [0.05, 0.1) is 13.7 Å². The average molecular weight is 232 g/mol. The largest absolute Gasteiger partial charge is 0.468 e. The number of hydrogen-bond acceptors (Lipinski definition) is 5. The maximum atomic E-state index is 11.6. The first-order valence-corrected chi connectivity index (χ1v) is 5.52. The zero-order valence-electron chi connectivity index (χ0n) is 11.0. The van der Waals surface area contributed by atoms with E-state index in [1.807, 2.05) is 25.9 Å². The summed E-state index contributed by atoms with van der Waals surface area (Å²) in [4.78, 5) is 13.7. The van der Waals surface area contributed by atoms with Crippen molar-refractivity contribution < 1.29 is 14.3 Å². The SMILES string of the molecule is CCOCC(C)(NCCN(C)C)C(=O)OC. The average Bonchev–Trinajstić information content (AvgIpc) is 2.24. The van der Waals surface area contributed by atoms with Crippen LogP contribution in [0.2, 0.25) is 0 Å². The molecule has 16 heavy (non-hydrogen) atoms. The van der Waals surface area contributed by atoms with Crippen LogP contribution in [0.3, 0.4) is 0 Å². The fraction of sp³-hybridized carbons (Fsp3) is 0.909. The van der Waals surface area contributed by atoms with Gasteiger partial charge in [-0.15, -0.1) is 0 Å². The molecule has 1 atom stereocenters. The minimum atomic E-state index is -0.763. The van der Waals surface area contributed by atoms with Crippen LogP contribution in [0, 0.1) is 0 Å². The summed E-state index contributed by atoms with van der Waals surface area (Å²) in [6.45, 7) is 6.18. The number of ether oxygens (including phenoxy) is 2. The van der Waals surface area contributed by atoms with Gasteiger partial charge >= 0.3 is 5.97 Å². The van der Waals surface area contributed by atoms with E-state index >= 15 is 0 Å². The van der Waals surface area contributed by atoms with Crippen LogP contribution in [0.1, 0.15) is 13.8 Å². The monoisotopic (exact) mass is 232 g/mol. The summed E-state index contributed by atoms with van der Waals surface area (Å²) in [5.41, 5.74) is -0.763. The standard InChI is InChI=1S/C11H24N2O3/c1-6-16-9-11(2,10(14)15-5)12-7-8-13(3)4/h12H,6-9H2,1-5H3. The third-order valence-corrected chi connectivity index (χ3v) is 2.30. The van der Waals surface area contributed by atoms with Gasteiger partial charge in [-0.2, -0.15) is 0 Å². The number of nitrogens with zero attached hydrogens (tertiary/aromatic N) is 1. The molecule has 0 rings (SSSR count). The smallest absolute Gasteiger partial charge is 0.328 e. The number of rotatable bonds is 8. The molecule has 0 spiro atoms. The predicted molar refractivity (Wildman–Crippen MR) is 63.5 cm³/mol. The summed E-state index contributed by atoms with van der Waals surface area (Å²) in [6, 6.07) is 0. The third kappa shape index (κ3) is 5.44. The van der Waals surface area contributed by atoms with Crippen LogP contribution in [0.25, 0.3) is 0 Å². The van der Waals surface area contributed by atoms with E-state index in [4.69, 9.17) is 9.47 Å². The summed E-state index contributed by atoms with van der Waals surface area (Å²) < 4.78 is 10.1. The topological polar surface area (TPSA) is 50.8 Å². The maximum Gasteiger partial charge on any atom is 0.328 e. The molecule has 1 N–H and O–H groups in total. The molecule has 5 nitrogen and oxygen atoms in total. The van der Waals surface area contributed by atoms with Crippen molar-refractivity contribution in [1.29, 1.82) is 0 Å². The zero-order chi connectivity index (χ0) is 12.6. The minimum absolute atomic E-state index is 0.292. The maximum absolute atomic E-state index is 11.6. The Balaban J connectivity index is 4.24. The second-order valence-corrected chi connectivity index (χ2v) is 4.19. The van der Waals surface area contributed by atoms with Gasteiger partial charge in [0.15, 0.2) is 0 Å². The molecule has 0 aliphatic rings. The van der Waals surface area contributed by atoms with Gasteiger partial charge in [-0.25, -0.2) is 4.79 Å². The molecule has 0 saturated heterocycles. The number of methoxy groups -OCH3 is 1. The van der Waals surface area contributed by atoms with E-state index in [1.165, 1.54) is 7.11 Å². The molecule has 0 aliphatic carbocycles. The van der Waals surface area contributed by atoms with Gasteiger partial charge in [0.25, 0.3) is 0 Å². The number of esters is 1. The van der Waals surface area contributed by atoms with E-state index in [-0.39, 0.29) is 5.97 Å². The van der Waals surface area contributed by atoms with Gasteiger partial charge in [-0.1, -0.05) is 0 Å². The molecule has 5 heteroatoms. The first-order chi connectivity index (χ1) is 7.46. The summed E-state index contributed by atoms with van der Waals surface area (Å²) in [5.74, 6) is -0.292. The number of likely N-dealkylation sites (N-methyl/N-ethyl adjacent to an activating group) is 1. The van der Waals surface area contributed by atoms with Crippen LogP contribution < -0.4 is 5.32 Å². The van der Waals surface area contributed by atoms with Crippen molar-refractivity contribution in [3.05, 3.63) is 0 Å². The van der Waals surface area contributed by atoms with Gasteiger partial charge < -0.3 is 14.4 Å². The molecule has 0 aromatic rings. The highest BCUT2D eigenvalue weighted by Gasteiger charge is 2.33. The van der Waals surface area contributed by atoms with Crippen LogP contribution >= 0.6 is 0 Å². The molecular weight excluding hydrogens is 208 g/mol. The van der Waals surface area contributed by atoms with Crippen LogP contribution in [0.4, 0.5) is 0 Å². The molecule has 0 amide bonds. The summed E-state index contributed by atoms with van der Waals surface area (Å²) in [6.07, 6.45) is 0. The summed E-state index contributed by atoms with van der Waals surface area (Å²) in [7, 11) is 5.36. The Morgan fingerprint density at radius 3 is 2.50 bits per heavy atom. The van der Waals surface area contributed by atoms with Crippen molar-refractivity contribution in [2.75, 3.05) is 47.5 Å². The zero-order valence-corrected chi connectivity index (χ0v) is 11.0. The van der Waals surface area contributed by atoms with E-state index in [0.29, 0.717) is 19.8 Å². The Bertz CT molecular complexity index is 209. The van der Waals surface area contributed by atoms with E-state index in [2.05, 4.69) is 5.32 Å². The van der Waals surface area contributed by atoms with Crippen molar-refractivity contribution in [2.24, 2.45) is 0 Å². The first kappa shape index (κ1) is 15.3. The van der Waals surface area contributed by atoms with Crippen LogP contribution in [-0.4, -0.2) is 63.9 Å². The Morgan fingerprint density at radius 1 is 1.44 bits per heavy atom. The lowest BCUT2D eigenvalue weighted by molar-refractivity contribution is -0.150. The molecule has 0 saturated carbocycles. The van der Waals surface area contributed by atoms with E-state index in [1.54, 1.807) is 6.92 Å². The van der Waals surface area contributed by atoms with Gasteiger partial charge in [-0.3, -0.25) is 5.32 Å². The summed E-state index contributed by atoms with van der Waals surface area (Å²) >= 11 is 0. The molecule has 0 fully saturated rings. The van der Waals surface area contributed by atoms with Crippen molar-refractivity contribution >= 4 is 5.97 Å². The van der Waals surface area contributed by atoms with Crippen molar-refractivity contribution in [3.8, 4) is 0 Å². The van der Waals surface area contributed by atoms with Gasteiger partial charge in [0.2, 0.25) is 0 Å². The Labute approximate surface area is 98.1 Å². The highest BCUT2D eigenvalue weighted by molar-refractivity contribution is 5.80. The highest BCUT2D eigenvalue weighted by atomic mass is 16.5. The van der Waals surface area contributed by atoms with E-state index in [9.17, 15) is 4.79 Å². The summed E-state index contributed by atoms with van der Waals surface area (Å²) in [5, 5.41) is 3.17. The molecule has 0 bridgehead atoms. The van der Waals surface area contributed by atoms with Gasteiger partial charge in [0.1, 0.15) is 5.54 Å². The van der Waals surface area contributed by atoms with Gasteiger partial charge in [0, 0.05) is 19.7 Å². The number of carbonyl (C=O) groups is 1. The van der Waals surface area contributed by atoms with Crippen molar-refractivity contribution in [1.82, 2.24) is 10.2 Å². The first-order valence-electron chi connectivity index (χ1n) is 5.52. The molecule has 0 heterocycles. The Hall–Kier alpha value is -0.650. The quantitative estimate of drug-likeness (QED) is 0.602. The molecule has 0 aromatic carbocycles. The lowest BCUT2D eigenvalue weighted by Gasteiger charge is -2.28. The molecule has 1 unspecified atom stereocenters. The van der Waals surface area contributed by atoms with E-state index < -0.39 is 5.54 Å². The van der Waals surface area contributed by atoms with Crippen LogP contribution in [-0.2, 0) is 14.3 Å². The lowest BCUT2D eigenvalue weighted by atomic mass is 10.0. The Morgan fingerprint density at radius 2 is 2.06 bits per heavy atom. The Kier molecular flexibility index (Phi) is 7.29. The number of nitrogens with one attached hydrogen (secondary N) is 1. The molecule has 96 valence electrons. The number of carbonyl (C=O) groups excluding carboxylic acids is 1. The van der Waals surface area contributed by atoms with Crippen molar-refractivity contribution in [2.45, 2.75) is 19.4 Å². The third-order valence-electron chi connectivity index (χ3n) is 2.30. The molecule has 0 aromatic heterocycles. The molecule has 0 radical (unpaired) electrons. The molecular formula is C11H24N2O3. The highest BCUT2D eigenvalue weighted by Crippen LogP contribution is 2.07. The second kappa shape index (κ2) is 7.60. The second-order valence-electron chi connectivity index (χ2n) is 4.19. The van der Waals surface area contributed by atoms with Gasteiger partial charge in [-0.05, 0) is 27.9 Å². The number of hydrogen-bond donors (Lipinski definition) is 1. The van der Waals surface area contributed by atoms with Crippen LogP contribution in [0.5, 0.6) is 0 Å². The fourth-order valence-corrected chi connectivity index (χ4v) is 1.27.